The van der Waals surface area contributed by atoms with Crippen molar-refractivity contribution < 1.29 is 9.47 Å². The third-order valence-electron chi connectivity index (χ3n) is 10.9. The molecule has 244 valence electrons. The lowest BCUT2D eigenvalue weighted by molar-refractivity contribution is 0.400. The first kappa shape index (κ1) is 28.9. The first-order valence-electron chi connectivity index (χ1n) is 17.8. The third kappa shape index (κ3) is 3.96. The van der Waals surface area contributed by atoms with Crippen molar-refractivity contribution in [3.63, 3.8) is 0 Å². The van der Waals surface area contributed by atoms with E-state index >= 15 is 0 Å². The normalized spacial score (nSPS) is 15.3. The second-order valence-corrected chi connectivity index (χ2v) is 13.6. The highest BCUT2D eigenvalue weighted by molar-refractivity contribution is 6.13. The molecule has 3 heteroatoms. The molecule has 1 unspecified atom stereocenters. The van der Waals surface area contributed by atoms with Gasteiger partial charge in [0, 0.05) is 44.3 Å². The van der Waals surface area contributed by atoms with E-state index in [1.54, 1.807) is 0 Å². The van der Waals surface area contributed by atoms with Gasteiger partial charge < -0.3 is 14.0 Å². The van der Waals surface area contributed by atoms with Gasteiger partial charge in [-0.1, -0.05) is 146 Å². The second kappa shape index (κ2) is 11.1. The molecule has 0 N–H and O–H groups in total. The van der Waals surface area contributed by atoms with Gasteiger partial charge in [-0.3, -0.25) is 0 Å². The molecule has 11 rings (SSSR count). The van der Waals surface area contributed by atoms with Crippen LogP contribution in [0.3, 0.4) is 0 Å². The number of rotatable bonds is 3. The summed E-state index contributed by atoms with van der Waals surface area (Å²) in [5.41, 5.74) is 11.7. The van der Waals surface area contributed by atoms with E-state index in [-0.39, 0.29) is 0 Å². The Kier molecular flexibility index (Phi) is 6.17. The summed E-state index contributed by atoms with van der Waals surface area (Å²) in [6, 6.07) is 66.9. The van der Waals surface area contributed by atoms with Gasteiger partial charge in [0.1, 0.15) is 23.0 Å². The minimum atomic E-state index is -0.704. The summed E-state index contributed by atoms with van der Waals surface area (Å²) < 4.78 is 16.2. The van der Waals surface area contributed by atoms with Crippen molar-refractivity contribution in [1.29, 1.82) is 0 Å². The number of nitrogens with zero attached hydrogens (tertiary/aromatic N) is 1. The van der Waals surface area contributed by atoms with Gasteiger partial charge in [0.15, 0.2) is 0 Å². The predicted molar refractivity (Wildman–Crippen MR) is 210 cm³/mol. The van der Waals surface area contributed by atoms with Crippen molar-refractivity contribution in [3.05, 3.63) is 210 Å². The van der Waals surface area contributed by atoms with E-state index in [1.165, 1.54) is 21.8 Å². The Morgan fingerprint density at radius 1 is 0.385 bits per heavy atom. The smallest absolute Gasteiger partial charge is 0.132 e. The van der Waals surface area contributed by atoms with Crippen molar-refractivity contribution in [3.8, 4) is 50.9 Å². The minimum Gasteiger partial charge on any atom is -0.457 e. The van der Waals surface area contributed by atoms with Gasteiger partial charge in [-0.2, -0.15) is 0 Å². The van der Waals surface area contributed by atoms with Crippen molar-refractivity contribution in [1.82, 2.24) is 4.57 Å². The fraction of sp³-hybridized carbons (Fsp3) is 0.0204. The summed E-state index contributed by atoms with van der Waals surface area (Å²) in [7, 11) is 0. The Bertz CT molecular complexity index is 2840. The Morgan fingerprint density at radius 3 is 1.75 bits per heavy atom. The van der Waals surface area contributed by atoms with Gasteiger partial charge >= 0.3 is 0 Å². The van der Waals surface area contributed by atoms with Crippen LogP contribution in [0.2, 0.25) is 0 Å². The molecule has 0 bridgehead atoms. The highest BCUT2D eigenvalue weighted by atomic mass is 16.5. The van der Waals surface area contributed by atoms with E-state index < -0.39 is 5.41 Å². The largest absolute Gasteiger partial charge is 0.457 e. The Balaban J connectivity index is 1.23. The van der Waals surface area contributed by atoms with Gasteiger partial charge in [0.25, 0.3) is 0 Å². The molecule has 3 nitrogen and oxygen atoms in total. The average Bonchev–Trinajstić information content (AvgIpc) is 3.56. The lowest BCUT2D eigenvalue weighted by Gasteiger charge is -2.45. The zero-order chi connectivity index (χ0) is 34.2. The lowest BCUT2D eigenvalue weighted by Crippen LogP contribution is -2.37. The molecule has 52 heavy (non-hydrogen) atoms. The first-order valence-corrected chi connectivity index (χ1v) is 17.8. The lowest BCUT2D eigenvalue weighted by atomic mass is 9.61. The van der Waals surface area contributed by atoms with E-state index in [4.69, 9.17) is 9.47 Å². The van der Waals surface area contributed by atoms with Crippen molar-refractivity contribution in [2.75, 3.05) is 0 Å². The molecule has 0 saturated heterocycles. The van der Waals surface area contributed by atoms with Crippen LogP contribution in [0.1, 0.15) is 22.3 Å². The van der Waals surface area contributed by atoms with Gasteiger partial charge in [0.05, 0.1) is 16.4 Å². The molecule has 8 aromatic carbocycles. The topological polar surface area (TPSA) is 23.4 Å². The van der Waals surface area contributed by atoms with Gasteiger partial charge in [-0.05, 0) is 59.2 Å². The van der Waals surface area contributed by atoms with Crippen LogP contribution in [0.25, 0.3) is 49.7 Å². The molecule has 9 aromatic rings. The maximum absolute atomic E-state index is 6.98. The van der Waals surface area contributed by atoms with Crippen LogP contribution in [-0.4, -0.2) is 4.57 Å². The molecule has 3 heterocycles. The monoisotopic (exact) mass is 665 g/mol. The van der Waals surface area contributed by atoms with Crippen LogP contribution in [-0.2, 0) is 5.41 Å². The summed E-state index contributed by atoms with van der Waals surface area (Å²) in [4.78, 5) is 0. The Morgan fingerprint density at radius 2 is 0.962 bits per heavy atom. The molecule has 2 aliphatic rings. The van der Waals surface area contributed by atoms with Gasteiger partial charge in [0.2, 0.25) is 0 Å². The predicted octanol–water partition coefficient (Wildman–Crippen LogP) is 12.7. The van der Waals surface area contributed by atoms with E-state index in [1.807, 2.05) is 0 Å². The number of hydrogen-bond donors (Lipinski definition) is 0. The number of aromatic nitrogens is 1. The zero-order valence-corrected chi connectivity index (χ0v) is 28.2. The summed E-state index contributed by atoms with van der Waals surface area (Å²) in [6.07, 6.45) is 0. The Hall–Kier alpha value is -6.84. The third-order valence-corrected chi connectivity index (χ3v) is 10.9. The molecule has 1 spiro atoms. The molecular formula is C49H31NO2. The molecule has 0 aliphatic carbocycles. The van der Waals surface area contributed by atoms with E-state index in [2.05, 4.69) is 193 Å². The van der Waals surface area contributed by atoms with Gasteiger partial charge in [-0.15, -0.1) is 0 Å². The fourth-order valence-electron chi connectivity index (χ4n) is 8.85. The summed E-state index contributed by atoms with van der Waals surface area (Å²) in [6.45, 7) is 0. The van der Waals surface area contributed by atoms with Crippen LogP contribution in [0, 0.1) is 0 Å². The summed E-state index contributed by atoms with van der Waals surface area (Å²) in [5, 5.41) is 2.45. The standard InChI is InChI=1S/C49H31NO2/c1-3-15-32(16-4-1)35-20-14-28-45-47(35)49(39-23-8-11-26-43(39)51-45)40-24-9-12-27-44(40)52-46-31-33(29-30-41(46)49)36-21-13-22-38-37-19-7-10-25-42(37)50(48(36)38)34-17-5-2-6-18-34/h1-31H. The first-order chi connectivity index (χ1) is 25.8. The van der Waals surface area contributed by atoms with E-state index in [0.29, 0.717) is 0 Å². The number of para-hydroxylation sites is 5. The molecule has 0 amide bonds. The van der Waals surface area contributed by atoms with Gasteiger partial charge in [-0.25, -0.2) is 0 Å². The molecule has 1 aromatic heterocycles. The SMILES string of the molecule is c1ccc(-c2cccc3c2C2(c4ccccc4Oc4cc(-c5cccc6c7ccccc7n(-c7ccccc7)c56)ccc42)c2ccccc2O3)cc1. The summed E-state index contributed by atoms with van der Waals surface area (Å²) in [5.74, 6) is 3.38. The highest BCUT2D eigenvalue weighted by Crippen LogP contribution is 2.63. The maximum atomic E-state index is 6.98. The molecule has 0 saturated carbocycles. The zero-order valence-electron chi connectivity index (χ0n) is 28.2. The van der Waals surface area contributed by atoms with Crippen LogP contribution in [0.4, 0.5) is 0 Å². The minimum absolute atomic E-state index is 0.704. The van der Waals surface area contributed by atoms with Crippen molar-refractivity contribution in [2.45, 2.75) is 5.41 Å². The molecule has 2 aliphatic heterocycles. The number of hydrogen-bond acceptors (Lipinski definition) is 2. The number of benzene rings is 8. The summed E-state index contributed by atoms with van der Waals surface area (Å²) >= 11 is 0. The molecule has 0 radical (unpaired) electrons. The fourth-order valence-corrected chi connectivity index (χ4v) is 8.85. The van der Waals surface area contributed by atoms with E-state index in [0.717, 1.165) is 73.2 Å². The average molecular weight is 666 g/mol. The molecule has 0 fully saturated rings. The maximum Gasteiger partial charge on any atom is 0.132 e. The number of fused-ring (bicyclic) bond motifs is 11. The van der Waals surface area contributed by atoms with Crippen LogP contribution < -0.4 is 9.47 Å². The van der Waals surface area contributed by atoms with Crippen molar-refractivity contribution >= 4 is 21.8 Å². The van der Waals surface area contributed by atoms with E-state index in [9.17, 15) is 0 Å². The van der Waals surface area contributed by atoms with Crippen molar-refractivity contribution in [2.24, 2.45) is 0 Å². The quantitative estimate of drug-likeness (QED) is 0.187. The second-order valence-electron chi connectivity index (χ2n) is 13.6. The number of ether oxygens (including phenoxy) is 2. The Labute approximate surface area is 301 Å². The van der Waals surface area contributed by atoms with Crippen LogP contribution in [0.5, 0.6) is 23.0 Å². The highest BCUT2D eigenvalue weighted by Gasteiger charge is 2.51. The van der Waals surface area contributed by atoms with Crippen LogP contribution in [0.15, 0.2) is 188 Å². The molecular weight excluding hydrogens is 635 g/mol. The van der Waals surface area contributed by atoms with Crippen LogP contribution >= 0.6 is 0 Å². The molecule has 1 atom stereocenters.